The third-order valence-electron chi connectivity index (χ3n) is 1.82. The molecule has 2 aromatic rings. The monoisotopic (exact) mass is 210 g/mol. The predicted molar refractivity (Wildman–Crippen MR) is 55.1 cm³/mol. The molecule has 2 nitrogen and oxygen atoms in total. The number of nitrogens with zero attached hydrogens (tertiary/aromatic N) is 2. The fraction of sp³-hybridized carbons (Fsp3) is 0.111. The molecule has 0 bridgehead atoms. The number of thiophene rings is 1. The number of hydrogen-bond acceptors (Lipinski definition) is 3. The summed E-state index contributed by atoms with van der Waals surface area (Å²) in [5.74, 6) is 0. The van der Waals surface area contributed by atoms with Crippen molar-refractivity contribution in [2.24, 2.45) is 0 Å². The molecule has 0 amide bonds. The molecule has 0 fully saturated rings. The largest absolute Gasteiger partial charge is 0.236 e. The number of aromatic nitrogens is 2. The molecule has 0 aliphatic rings. The molecule has 66 valence electrons. The Morgan fingerprint density at radius 2 is 2.23 bits per heavy atom. The lowest BCUT2D eigenvalue weighted by molar-refractivity contribution is 1.14. The molecule has 0 saturated heterocycles. The van der Waals surface area contributed by atoms with Crippen LogP contribution in [0.4, 0.5) is 0 Å². The predicted octanol–water partition coefficient (Wildman–Crippen LogP) is 3.17. The first-order valence-electron chi connectivity index (χ1n) is 3.78. The van der Waals surface area contributed by atoms with Gasteiger partial charge in [0.1, 0.15) is 11.5 Å². The van der Waals surface area contributed by atoms with Crippen molar-refractivity contribution in [3.63, 3.8) is 0 Å². The third-order valence-corrected chi connectivity index (χ3v) is 2.88. The molecular weight excluding hydrogens is 204 g/mol. The highest BCUT2D eigenvalue weighted by atomic mass is 35.5. The van der Waals surface area contributed by atoms with E-state index < -0.39 is 0 Å². The second-order valence-electron chi connectivity index (χ2n) is 2.65. The Labute approximate surface area is 85.2 Å². The van der Waals surface area contributed by atoms with Gasteiger partial charge < -0.3 is 0 Å². The van der Waals surface area contributed by atoms with E-state index in [1.54, 1.807) is 11.3 Å². The smallest absolute Gasteiger partial charge is 0.135 e. The lowest BCUT2D eigenvalue weighted by atomic mass is 10.1. The van der Waals surface area contributed by atoms with Crippen LogP contribution in [-0.2, 0) is 0 Å². The van der Waals surface area contributed by atoms with Crippen LogP contribution in [0.15, 0.2) is 23.2 Å². The van der Waals surface area contributed by atoms with Gasteiger partial charge in [0.15, 0.2) is 0 Å². The van der Waals surface area contributed by atoms with Crippen LogP contribution < -0.4 is 0 Å². The molecule has 0 N–H and O–H groups in total. The zero-order valence-electron chi connectivity index (χ0n) is 6.99. The minimum Gasteiger partial charge on any atom is -0.236 e. The van der Waals surface area contributed by atoms with Crippen molar-refractivity contribution in [2.45, 2.75) is 6.92 Å². The number of rotatable bonds is 1. The fourth-order valence-corrected chi connectivity index (χ4v) is 1.89. The molecule has 2 rings (SSSR count). The molecular formula is C9H7ClN2S. The average molecular weight is 211 g/mol. The van der Waals surface area contributed by atoms with E-state index in [0.29, 0.717) is 5.15 Å². The molecule has 0 atom stereocenters. The topological polar surface area (TPSA) is 25.8 Å². The minimum atomic E-state index is 0.524. The summed E-state index contributed by atoms with van der Waals surface area (Å²) < 4.78 is 0. The second-order valence-corrected chi connectivity index (χ2v) is 3.79. The van der Waals surface area contributed by atoms with Crippen LogP contribution in [0.2, 0.25) is 5.15 Å². The molecule has 0 spiro atoms. The van der Waals surface area contributed by atoms with E-state index in [-0.39, 0.29) is 0 Å². The average Bonchev–Trinajstić information content (AvgIpc) is 2.62. The van der Waals surface area contributed by atoms with Gasteiger partial charge in [0.25, 0.3) is 0 Å². The van der Waals surface area contributed by atoms with Gasteiger partial charge in [-0.3, -0.25) is 0 Å². The van der Waals surface area contributed by atoms with Crippen molar-refractivity contribution >= 4 is 22.9 Å². The second kappa shape index (κ2) is 3.44. The lowest BCUT2D eigenvalue weighted by Crippen LogP contribution is -1.89. The molecule has 0 unspecified atom stereocenters. The molecule has 0 aliphatic heterocycles. The quantitative estimate of drug-likeness (QED) is 0.676. The zero-order chi connectivity index (χ0) is 9.26. The summed E-state index contributed by atoms with van der Waals surface area (Å²) in [5.41, 5.74) is 2.95. The van der Waals surface area contributed by atoms with Gasteiger partial charge >= 0.3 is 0 Å². The molecule has 0 aromatic carbocycles. The summed E-state index contributed by atoms with van der Waals surface area (Å²) in [7, 11) is 0. The van der Waals surface area contributed by atoms with Gasteiger partial charge in [-0.05, 0) is 18.4 Å². The third kappa shape index (κ3) is 1.57. The highest BCUT2D eigenvalue weighted by Crippen LogP contribution is 2.25. The van der Waals surface area contributed by atoms with Crippen molar-refractivity contribution < 1.29 is 0 Å². The van der Waals surface area contributed by atoms with E-state index in [1.807, 2.05) is 23.8 Å². The van der Waals surface area contributed by atoms with Crippen molar-refractivity contribution in [2.75, 3.05) is 0 Å². The summed E-state index contributed by atoms with van der Waals surface area (Å²) in [6.45, 7) is 1.93. The summed E-state index contributed by atoms with van der Waals surface area (Å²) in [6, 6.07) is 2.02. The van der Waals surface area contributed by atoms with Crippen molar-refractivity contribution in [3.05, 3.63) is 33.9 Å². The van der Waals surface area contributed by atoms with Gasteiger partial charge in [-0.1, -0.05) is 11.6 Å². The van der Waals surface area contributed by atoms with E-state index in [4.69, 9.17) is 11.6 Å². The van der Waals surface area contributed by atoms with Crippen LogP contribution in [0.25, 0.3) is 11.3 Å². The van der Waals surface area contributed by atoms with E-state index in [1.165, 1.54) is 6.33 Å². The van der Waals surface area contributed by atoms with Gasteiger partial charge in [0.05, 0.1) is 5.69 Å². The summed E-state index contributed by atoms with van der Waals surface area (Å²) in [5, 5.41) is 4.59. The maximum atomic E-state index is 5.88. The fourth-order valence-electron chi connectivity index (χ4n) is 1.12. The standard InChI is InChI=1S/C9H7ClN2S/c1-6-8(7-2-3-13-4-7)11-5-12-9(6)10/h2-5H,1H3. The van der Waals surface area contributed by atoms with Crippen molar-refractivity contribution in [1.82, 2.24) is 9.97 Å². The normalized spacial score (nSPS) is 10.3. The molecule has 0 saturated carbocycles. The van der Waals surface area contributed by atoms with Gasteiger partial charge in [-0.2, -0.15) is 11.3 Å². The van der Waals surface area contributed by atoms with Crippen molar-refractivity contribution in [1.29, 1.82) is 0 Å². The number of hydrogen-bond donors (Lipinski definition) is 0. The highest BCUT2D eigenvalue weighted by Gasteiger charge is 2.06. The van der Waals surface area contributed by atoms with Gasteiger partial charge in [0.2, 0.25) is 0 Å². The molecule has 2 heterocycles. The van der Waals surface area contributed by atoms with Gasteiger partial charge in [-0.25, -0.2) is 9.97 Å². The van der Waals surface area contributed by atoms with E-state index in [0.717, 1.165) is 16.8 Å². The Bertz CT molecular complexity index is 412. The van der Waals surface area contributed by atoms with Crippen LogP contribution in [0.3, 0.4) is 0 Å². The first-order chi connectivity index (χ1) is 6.29. The minimum absolute atomic E-state index is 0.524. The van der Waals surface area contributed by atoms with E-state index in [9.17, 15) is 0 Å². The SMILES string of the molecule is Cc1c(Cl)ncnc1-c1ccsc1. The maximum absolute atomic E-state index is 5.88. The van der Waals surface area contributed by atoms with Crippen LogP contribution in [0, 0.1) is 6.92 Å². The molecule has 0 aliphatic carbocycles. The first-order valence-corrected chi connectivity index (χ1v) is 5.11. The summed E-state index contributed by atoms with van der Waals surface area (Å²) in [4.78, 5) is 8.10. The Morgan fingerprint density at radius 3 is 2.92 bits per heavy atom. The zero-order valence-corrected chi connectivity index (χ0v) is 8.56. The van der Waals surface area contributed by atoms with Crippen LogP contribution in [0.1, 0.15) is 5.56 Å². The molecule has 2 aromatic heterocycles. The van der Waals surface area contributed by atoms with Crippen LogP contribution >= 0.6 is 22.9 Å². The van der Waals surface area contributed by atoms with Crippen LogP contribution in [0.5, 0.6) is 0 Å². The number of halogens is 1. The Morgan fingerprint density at radius 1 is 1.38 bits per heavy atom. The van der Waals surface area contributed by atoms with Gasteiger partial charge in [-0.15, -0.1) is 0 Å². The Kier molecular flexibility index (Phi) is 2.29. The lowest BCUT2D eigenvalue weighted by Gasteiger charge is -2.02. The van der Waals surface area contributed by atoms with Gasteiger partial charge in [0, 0.05) is 16.5 Å². The Balaban J connectivity index is 2.59. The Hall–Kier alpha value is -0.930. The summed E-state index contributed by atoms with van der Waals surface area (Å²) in [6.07, 6.45) is 1.49. The van der Waals surface area contributed by atoms with E-state index in [2.05, 4.69) is 9.97 Å². The van der Waals surface area contributed by atoms with Crippen LogP contribution in [-0.4, -0.2) is 9.97 Å². The molecule has 4 heteroatoms. The maximum Gasteiger partial charge on any atom is 0.135 e. The highest BCUT2D eigenvalue weighted by molar-refractivity contribution is 7.08. The summed E-state index contributed by atoms with van der Waals surface area (Å²) >= 11 is 7.53. The molecule has 0 radical (unpaired) electrons. The van der Waals surface area contributed by atoms with E-state index >= 15 is 0 Å². The first kappa shape index (κ1) is 8.66. The molecule has 13 heavy (non-hydrogen) atoms. The van der Waals surface area contributed by atoms with Crippen molar-refractivity contribution in [3.8, 4) is 11.3 Å².